The van der Waals surface area contributed by atoms with Gasteiger partial charge < -0.3 is 8.98 Å². The van der Waals surface area contributed by atoms with Gasteiger partial charge in [0.25, 0.3) is 5.56 Å². The summed E-state index contributed by atoms with van der Waals surface area (Å²) in [6, 6.07) is 33.6. The van der Waals surface area contributed by atoms with Crippen LogP contribution >= 0.6 is 15.9 Å². The molecule has 0 saturated carbocycles. The van der Waals surface area contributed by atoms with Gasteiger partial charge >= 0.3 is 0 Å². The van der Waals surface area contributed by atoms with Crippen molar-refractivity contribution < 1.29 is 4.42 Å². The first kappa shape index (κ1) is 24.3. The SMILES string of the molecule is Cc1c(C=Nn2c(-c3cc4cc(Br)ccc4o3)nc3ccccc3c2=O)c2ccccc2n1Cc1ccccc1. The minimum absolute atomic E-state index is 0.260. The summed E-state index contributed by atoms with van der Waals surface area (Å²) in [7, 11) is 0. The molecule has 0 aliphatic rings. The maximum atomic E-state index is 13.8. The van der Waals surface area contributed by atoms with Crippen LogP contribution in [0.1, 0.15) is 16.8 Å². The Hall–Kier alpha value is -4.75. The smallest absolute Gasteiger partial charge is 0.282 e. The highest BCUT2D eigenvalue weighted by Crippen LogP contribution is 2.30. The van der Waals surface area contributed by atoms with Crippen molar-refractivity contribution in [2.75, 3.05) is 0 Å². The number of hydrogen-bond donors (Lipinski definition) is 0. The number of nitrogens with zero attached hydrogens (tertiary/aromatic N) is 4. The minimum Gasteiger partial charge on any atom is -0.453 e. The van der Waals surface area contributed by atoms with Gasteiger partial charge in [-0.05, 0) is 55.0 Å². The van der Waals surface area contributed by atoms with Gasteiger partial charge in [0, 0.05) is 38.6 Å². The molecule has 0 atom stereocenters. The van der Waals surface area contributed by atoms with Gasteiger partial charge in [0.05, 0.1) is 17.1 Å². The van der Waals surface area contributed by atoms with Gasteiger partial charge in [-0.25, -0.2) is 4.98 Å². The second-order valence-corrected chi connectivity index (χ2v) is 10.6. The molecular weight excluding hydrogens is 564 g/mol. The van der Waals surface area contributed by atoms with Crippen LogP contribution in [0.25, 0.3) is 44.4 Å². The number of benzene rings is 4. The largest absolute Gasteiger partial charge is 0.453 e. The van der Waals surface area contributed by atoms with E-state index in [4.69, 9.17) is 14.5 Å². The van der Waals surface area contributed by atoms with Crippen LogP contribution in [-0.2, 0) is 6.54 Å². The van der Waals surface area contributed by atoms with Crippen molar-refractivity contribution in [1.82, 2.24) is 14.2 Å². The Morgan fingerprint density at radius 3 is 2.50 bits per heavy atom. The fourth-order valence-electron chi connectivity index (χ4n) is 5.22. The highest BCUT2D eigenvalue weighted by Gasteiger charge is 2.18. The van der Waals surface area contributed by atoms with E-state index < -0.39 is 0 Å². The Bertz CT molecular complexity index is 2140. The van der Waals surface area contributed by atoms with Gasteiger partial charge in [0.1, 0.15) is 5.58 Å². The van der Waals surface area contributed by atoms with E-state index in [9.17, 15) is 4.79 Å². The summed E-state index contributed by atoms with van der Waals surface area (Å²) in [6.07, 6.45) is 1.76. The van der Waals surface area contributed by atoms with Crippen LogP contribution in [0, 0.1) is 6.92 Å². The molecule has 0 N–H and O–H groups in total. The maximum Gasteiger partial charge on any atom is 0.282 e. The fraction of sp³-hybridized carbons (Fsp3) is 0.0606. The molecule has 3 heterocycles. The molecule has 194 valence electrons. The molecule has 0 fully saturated rings. The third-order valence-electron chi connectivity index (χ3n) is 7.22. The van der Waals surface area contributed by atoms with Crippen LogP contribution in [0.3, 0.4) is 0 Å². The molecule has 0 unspecified atom stereocenters. The number of aromatic nitrogens is 3. The third-order valence-corrected chi connectivity index (χ3v) is 7.71. The van der Waals surface area contributed by atoms with Crippen LogP contribution in [0.4, 0.5) is 0 Å². The van der Waals surface area contributed by atoms with E-state index >= 15 is 0 Å². The number of halogens is 1. The molecule has 6 nitrogen and oxygen atoms in total. The minimum atomic E-state index is -0.260. The normalized spacial score (nSPS) is 11.8. The summed E-state index contributed by atoms with van der Waals surface area (Å²) >= 11 is 3.52. The maximum absolute atomic E-state index is 13.8. The number of rotatable bonds is 5. The predicted molar refractivity (Wildman–Crippen MR) is 164 cm³/mol. The second kappa shape index (κ2) is 9.77. The zero-order valence-corrected chi connectivity index (χ0v) is 23.2. The highest BCUT2D eigenvalue weighted by atomic mass is 79.9. The van der Waals surface area contributed by atoms with Gasteiger partial charge in [-0.15, -0.1) is 0 Å². The lowest BCUT2D eigenvalue weighted by Gasteiger charge is -2.09. The fourth-order valence-corrected chi connectivity index (χ4v) is 5.60. The zero-order valence-electron chi connectivity index (χ0n) is 21.6. The lowest BCUT2D eigenvalue weighted by atomic mass is 10.1. The van der Waals surface area contributed by atoms with Crippen LogP contribution in [0.2, 0.25) is 0 Å². The van der Waals surface area contributed by atoms with Gasteiger partial charge in [-0.1, -0.05) is 76.6 Å². The Morgan fingerprint density at radius 2 is 1.65 bits per heavy atom. The monoisotopic (exact) mass is 586 g/mol. The number of hydrogen-bond acceptors (Lipinski definition) is 4. The van der Waals surface area contributed by atoms with E-state index in [0.29, 0.717) is 28.1 Å². The van der Waals surface area contributed by atoms with E-state index in [2.05, 4.69) is 63.8 Å². The van der Waals surface area contributed by atoms with Crippen molar-refractivity contribution in [3.63, 3.8) is 0 Å². The Balaban J connectivity index is 1.41. The molecule has 4 aromatic carbocycles. The summed E-state index contributed by atoms with van der Waals surface area (Å²) in [4.78, 5) is 18.6. The average molecular weight is 587 g/mol. The van der Waals surface area contributed by atoms with Crippen molar-refractivity contribution >= 4 is 54.9 Å². The Morgan fingerprint density at radius 1 is 0.900 bits per heavy atom. The molecule has 0 bridgehead atoms. The third kappa shape index (κ3) is 4.15. The van der Waals surface area contributed by atoms with Crippen molar-refractivity contribution in [3.8, 4) is 11.6 Å². The molecule has 0 saturated heterocycles. The molecule has 3 aromatic heterocycles. The van der Waals surface area contributed by atoms with E-state index in [1.54, 1.807) is 12.3 Å². The second-order valence-electron chi connectivity index (χ2n) is 9.69. The van der Waals surface area contributed by atoms with E-state index in [0.717, 1.165) is 38.6 Å². The lowest BCUT2D eigenvalue weighted by molar-refractivity contribution is 0.616. The van der Waals surface area contributed by atoms with E-state index in [1.165, 1.54) is 10.2 Å². The molecule has 0 aliphatic carbocycles. The Labute approximate surface area is 237 Å². The predicted octanol–water partition coefficient (Wildman–Crippen LogP) is 7.77. The molecule has 0 radical (unpaired) electrons. The van der Waals surface area contributed by atoms with Crippen LogP contribution in [-0.4, -0.2) is 20.4 Å². The number of fused-ring (bicyclic) bond motifs is 3. The van der Waals surface area contributed by atoms with E-state index in [-0.39, 0.29) is 5.56 Å². The van der Waals surface area contributed by atoms with Crippen LogP contribution in [0.5, 0.6) is 0 Å². The quantitative estimate of drug-likeness (QED) is 0.193. The molecule has 7 rings (SSSR count). The van der Waals surface area contributed by atoms with Gasteiger partial charge in [-0.3, -0.25) is 4.79 Å². The lowest BCUT2D eigenvalue weighted by Crippen LogP contribution is -2.20. The zero-order chi connectivity index (χ0) is 27.2. The molecule has 0 spiro atoms. The van der Waals surface area contributed by atoms with Crippen molar-refractivity contribution in [3.05, 3.63) is 135 Å². The number of furan rings is 1. The van der Waals surface area contributed by atoms with E-state index in [1.807, 2.05) is 60.7 Å². The summed E-state index contributed by atoms with van der Waals surface area (Å²) in [6.45, 7) is 2.82. The molecule has 7 heteroatoms. The van der Waals surface area contributed by atoms with Crippen LogP contribution in [0.15, 0.2) is 122 Å². The summed E-state index contributed by atoms with van der Waals surface area (Å²) < 4.78 is 10.7. The molecule has 40 heavy (non-hydrogen) atoms. The summed E-state index contributed by atoms with van der Waals surface area (Å²) in [5.74, 6) is 0.814. The van der Waals surface area contributed by atoms with Crippen molar-refractivity contribution in [2.24, 2.45) is 5.10 Å². The molecule has 7 aromatic rings. The van der Waals surface area contributed by atoms with Gasteiger partial charge in [-0.2, -0.15) is 9.78 Å². The van der Waals surface area contributed by atoms with Gasteiger partial charge in [0.2, 0.25) is 5.82 Å². The number of para-hydroxylation sites is 2. The highest BCUT2D eigenvalue weighted by molar-refractivity contribution is 9.10. The first-order valence-electron chi connectivity index (χ1n) is 12.9. The molecule has 0 amide bonds. The first-order chi connectivity index (χ1) is 19.6. The summed E-state index contributed by atoms with van der Waals surface area (Å²) in [5.41, 5.74) is 5.36. The standard InChI is InChI=1S/C33H23BrN4O2/c1-21-27(25-11-6-8-14-29(25)37(21)20-22-9-3-2-4-10-22)19-35-38-32(36-28-13-7-5-12-26(28)33(38)39)31-18-23-17-24(34)15-16-30(23)40-31/h2-19H,20H2,1H3. The van der Waals surface area contributed by atoms with Crippen LogP contribution < -0.4 is 5.56 Å². The average Bonchev–Trinajstić information content (AvgIpc) is 3.51. The van der Waals surface area contributed by atoms with Crippen molar-refractivity contribution in [2.45, 2.75) is 13.5 Å². The van der Waals surface area contributed by atoms with Crippen molar-refractivity contribution in [1.29, 1.82) is 0 Å². The molecular formula is C33H23BrN4O2. The van der Waals surface area contributed by atoms with Gasteiger partial charge in [0.15, 0.2) is 5.76 Å². The first-order valence-corrected chi connectivity index (χ1v) is 13.7. The summed E-state index contributed by atoms with van der Waals surface area (Å²) in [5, 5.41) is 7.22. The molecule has 0 aliphatic heterocycles. The Kier molecular flexibility index (Phi) is 5.94. The topological polar surface area (TPSA) is 65.3 Å².